The first-order valence-corrected chi connectivity index (χ1v) is 6.74. The van der Waals surface area contributed by atoms with Gasteiger partial charge in [-0.2, -0.15) is 0 Å². The fourth-order valence-electron chi connectivity index (χ4n) is 1.38. The van der Waals surface area contributed by atoms with E-state index in [-0.39, 0.29) is 22.9 Å². The Kier molecular flexibility index (Phi) is 3.60. The number of halogens is 1. The first kappa shape index (κ1) is 11.3. The van der Waals surface area contributed by atoms with Crippen molar-refractivity contribution in [2.75, 3.05) is 18.1 Å². The molecule has 1 aliphatic rings. The lowest BCUT2D eigenvalue weighted by molar-refractivity contribution is 0.491. The van der Waals surface area contributed by atoms with Crippen LogP contribution in [0.3, 0.4) is 0 Å². The van der Waals surface area contributed by atoms with Crippen LogP contribution in [-0.2, 0) is 9.84 Å². The van der Waals surface area contributed by atoms with Crippen molar-refractivity contribution >= 4 is 21.4 Å². The van der Waals surface area contributed by atoms with Crippen LogP contribution in [-0.4, -0.2) is 37.9 Å². The van der Waals surface area contributed by atoms with E-state index < -0.39 is 9.84 Å². The van der Waals surface area contributed by atoms with Gasteiger partial charge in [-0.1, -0.05) is 13.8 Å². The van der Waals surface area contributed by atoms with Gasteiger partial charge in [0.2, 0.25) is 0 Å². The van der Waals surface area contributed by atoms with Crippen molar-refractivity contribution in [2.45, 2.75) is 25.3 Å². The average molecular weight is 226 g/mol. The lowest BCUT2D eigenvalue weighted by Gasteiger charge is -2.15. The van der Waals surface area contributed by atoms with Gasteiger partial charge in [-0.15, -0.1) is 11.6 Å². The Hall–Kier alpha value is 0.200. The van der Waals surface area contributed by atoms with Gasteiger partial charge in [-0.05, 0) is 12.5 Å². The minimum Gasteiger partial charge on any atom is -0.311 e. The van der Waals surface area contributed by atoms with Crippen LogP contribution in [0.4, 0.5) is 0 Å². The summed E-state index contributed by atoms with van der Waals surface area (Å²) in [5.74, 6) is 0.824. The lowest BCUT2D eigenvalue weighted by Crippen LogP contribution is -2.38. The predicted octanol–water partition coefficient (Wildman–Crippen LogP) is 0.636. The van der Waals surface area contributed by atoms with Crippen molar-refractivity contribution in [3.63, 3.8) is 0 Å². The van der Waals surface area contributed by atoms with E-state index in [4.69, 9.17) is 11.6 Å². The van der Waals surface area contributed by atoms with E-state index in [0.29, 0.717) is 5.92 Å². The zero-order chi connectivity index (χ0) is 10.1. The van der Waals surface area contributed by atoms with E-state index in [2.05, 4.69) is 19.2 Å². The van der Waals surface area contributed by atoms with Crippen LogP contribution < -0.4 is 5.32 Å². The Morgan fingerprint density at radius 3 is 2.46 bits per heavy atom. The first-order chi connectivity index (χ1) is 5.91. The summed E-state index contributed by atoms with van der Waals surface area (Å²) in [5, 5.41) is 2.91. The third kappa shape index (κ3) is 3.44. The molecule has 1 fully saturated rings. The number of nitrogens with one attached hydrogen (secondary N) is 1. The maximum Gasteiger partial charge on any atom is 0.153 e. The molecule has 0 aromatic heterocycles. The Bertz CT molecular complexity index is 263. The highest BCUT2D eigenvalue weighted by atomic mass is 35.5. The number of alkyl halides is 1. The maximum absolute atomic E-state index is 11.2. The number of hydrogen-bond donors (Lipinski definition) is 1. The van der Waals surface area contributed by atoms with Gasteiger partial charge in [-0.3, -0.25) is 0 Å². The Balaban J connectivity index is 2.44. The standard InChI is InChI=1S/C8H16ClNO2S/c1-6(2)3-10-8-5-13(11,12)4-7(8)9/h6-8,10H,3-5H2,1-2H3. The molecule has 0 radical (unpaired) electrons. The van der Waals surface area contributed by atoms with Crippen molar-refractivity contribution in [1.82, 2.24) is 5.32 Å². The molecule has 13 heavy (non-hydrogen) atoms. The highest BCUT2D eigenvalue weighted by Crippen LogP contribution is 2.17. The molecule has 0 aromatic carbocycles. The summed E-state index contributed by atoms with van der Waals surface area (Å²) in [7, 11) is -2.89. The fourth-order valence-corrected chi connectivity index (χ4v) is 3.99. The zero-order valence-corrected chi connectivity index (χ0v) is 9.53. The second kappa shape index (κ2) is 4.15. The molecule has 78 valence electrons. The number of hydrogen-bond acceptors (Lipinski definition) is 3. The third-order valence-electron chi connectivity index (χ3n) is 2.07. The van der Waals surface area contributed by atoms with Gasteiger partial charge in [0, 0.05) is 6.04 Å². The summed E-state index contributed by atoms with van der Waals surface area (Å²) in [6.45, 7) is 4.99. The van der Waals surface area contributed by atoms with E-state index in [0.717, 1.165) is 6.54 Å². The summed E-state index contributed by atoms with van der Waals surface area (Å²) >= 11 is 5.90. The van der Waals surface area contributed by atoms with Crippen molar-refractivity contribution in [3.8, 4) is 0 Å². The maximum atomic E-state index is 11.2. The molecule has 2 atom stereocenters. The predicted molar refractivity (Wildman–Crippen MR) is 54.9 cm³/mol. The van der Waals surface area contributed by atoms with E-state index in [9.17, 15) is 8.42 Å². The van der Waals surface area contributed by atoms with E-state index >= 15 is 0 Å². The van der Waals surface area contributed by atoms with Gasteiger partial charge >= 0.3 is 0 Å². The van der Waals surface area contributed by atoms with E-state index in [1.807, 2.05) is 0 Å². The summed E-state index contributed by atoms with van der Waals surface area (Å²) in [5.41, 5.74) is 0. The summed E-state index contributed by atoms with van der Waals surface area (Å²) < 4.78 is 22.3. The molecule has 3 nitrogen and oxygen atoms in total. The molecule has 0 spiro atoms. The largest absolute Gasteiger partial charge is 0.311 e. The molecule has 2 unspecified atom stereocenters. The van der Waals surface area contributed by atoms with Crippen molar-refractivity contribution in [1.29, 1.82) is 0 Å². The fraction of sp³-hybridized carbons (Fsp3) is 1.00. The van der Waals surface area contributed by atoms with Crippen molar-refractivity contribution in [2.24, 2.45) is 5.92 Å². The monoisotopic (exact) mass is 225 g/mol. The molecule has 1 rings (SSSR count). The van der Waals surface area contributed by atoms with Gasteiger partial charge in [0.1, 0.15) is 0 Å². The summed E-state index contributed by atoms with van der Waals surface area (Å²) in [6.07, 6.45) is 0. The summed E-state index contributed by atoms with van der Waals surface area (Å²) in [4.78, 5) is 0. The molecule has 1 aliphatic heterocycles. The number of rotatable bonds is 3. The average Bonchev–Trinajstić information content (AvgIpc) is 2.20. The van der Waals surface area contributed by atoms with Crippen LogP contribution >= 0.6 is 11.6 Å². The second-order valence-corrected chi connectivity index (χ2v) is 6.72. The van der Waals surface area contributed by atoms with Crippen LogP contribution in [0.5, 0.6) is 0 Å². The van der Waals surface area contributed by atoms with Gasteiger partial charge in [-0.25, -0.2) is 8.42 Å². The summed E-state index contributed by atoms with van der Waals surface area (Å²) in [6, 6.07) is -0.0610. The molecule has 1 N–H and O–H groups in total. The normalized spacial score (nSPS) is 32.6. The molecular weight excluding hydrogens is 210 g/mol. The lowest BCUT2D eigenvalue weighted by atomic mass is 10.2. The highest BCUT2D eigenvalue weighted by molar-refractivity contribution is 7.91. The van der Waals surface area contributed by atoms with Gasteiger partial charge in [0.25, 0.3) is 0 Å². The van der Waals surface area contributed by atoms with Crippen LogP contribution in [0.15, 0.2) is 0 Å². The second-order valence-electron chi connectivity index (χ2n) is 4.00. The smallest absolute Gasteiger partial charge is 0.153 e. The first-order valence-electron chi connectivity index (χ1n) is 4.48. The van der Waals surface area contributed by atoms with Crippen LogP contribution in [0, 0.1) is 5.92 Å². The molecule has 5 heteroatoms. The zero-order valence-electron chi connectivity index (χ0n) is 7.96. The molecule has 0 saturated carbocycles. The molecule has 0 amide bonds. The van der Waals surface area contributed by atoms with Crippen LogP contribution in [0.2, 0.25) is 0 Å². The molecule has 0 aromatic rings. The molecule has 0 aliphatic carbocycles. The van der Waals surface area contributed by atoms with Gasteiger partial charge in [0.15, 0.2) is 9.84 Å². The quantitative estimate of drug-likeness (QED) is 0.717. The highest BCUT2D eigenvalue weighted by Gasteiger charge is 2.35. The van der Waals surface area contributed by atoms with Gasteiger partial charge < -0.3 is 5.32 Å². The van der Waals surface area contributed by atoms with Crippen molar-refractivity contribution in [3.05, 3.63) is 0 Å². The number of sulfone groups is 1. The minimum atomic E-state index is -2.89. The Morgan fingerprint density at radius 2 is 2.08 bits per heavy atom. The van der Waals surface area contributed by atoms with E-state index in [1.165, 1.54) is 0 Å². The molecule has 1 heterocycles. The molecule has 1 saturated heterocycles. The molecule has 0 bridgehead atoms. The van der Waals surface area contributed by atoms with Crippen LogP contribution in [0.25, 0.3) is 0 Å². The third-order valence-corrected chi connectivity index (χ3v) is 4.45. The van der Waals surface area contributed by atoms with E-state index in [1.54, 1.807) is 0 Å². The Morgan fingerprint density at radius 1 is 1.46 bits per heavy atom. The minimum absolute atomic E-state index is 0.0610. The van der Waals surface area contributed by atoms with Gasteiger partial charge in [0.05, 0.1) is 16.9 Å². The SMILES string of the molecule is CC(C)CNC1CS(=O)(=O)CC1Cl. The van der Waals surface area contributed by atoms with Crippen molar-refractivity contribution < 1.29 is 8.42 Å². The topological polar surface area (TPSA) is 46.2 Å². The molecular formula is C8H16ClNO2S. The Labute approximate surface area is 84.8 Å². The van der Waals surface area contributed by atoms with Crippen LogP contribution in [0.1, 0.15) is 13.8 Å².